The molecular formula is C9H12F2N4OS. The number of hydrogen-bond donors (Lipinski definition) is 2. The lowest BCUT2D eigenvalue weighted by Crippen LogP contribution is -2.33. The fourth-order valence-electron chi connectivity index (χ4n) is 1.20. The van der Waals surface area contributed by atoms with Crippen LogP contribution in [0.2, 0.25) is 0 Å². The molecule has 0 fully saturated rings. The van der Waals surface area contributed by atoms with Crippen molar-refractivity contribution in [2.45, 2.75) is 6.43 Å². The Morgan fingerprint density at radius 1 is 1.59 bits per heavy atom. The highest BCUT2D eigenvalue weighted by molar-refractivity contribution is 7.80. The maximum absolute atomic E-state index is 12.3. The molecule has 0 saturated carbocycles. The minimum atomic E-state index is -2.54. The number of anilines is 1. The van der Waals surface area contributed by atoms with Crippen molar-refractivity contribution in [3.8, 4) is 0 Å². The molecule has 1 aromatic heterocycles. The van der Waals surface area contributed by atoms with Crippen LogP contribution in [0.4, 0.5) is 14.7 Å². The Kier molecular flexibility index (Phi) is 5.11. The van der Waals surface area contributed by atoms with E-state index in [1.165, 1.54) is 17.2 Å². The molecule has 0 aliphatic carbocycles. The summed E-state index contributed by atoms with van der Waals surface area (Å²) < 4.78 is 24.6. The van der Waals surface area contributed by atoms with Crippen LogP contribution in [0, 0.1) is 0 Å². The first-order valence-electron chi connectivity index (χ1n) is 4.81. The van der Waals surface area contributed by atoms with E-state index in [9.17, 15) is 8.78 Å². The zero-order valence-corrected chi connectivity index (χ0v) is 9.70. The lowest BCUT2D eigenvalue weighted by atomic mass is 10.4. The molecule has 8 heteroatoms. The van der Waals surface area contributed by atoms with Crippen molar-refractivity contribution in [1.82, 2.24) is 9.97 Å². The van der Waals surface area contributed by atoms with Crippen molar-refractivity contribution < 1.29 is 13.9 Å². The van der Waals surface area contributed by atoms with Gasteiger partial charge < -0.3 is 15.7 Å². The van der Waals surface area contributed by atoms with Gasteiger partial charge in [-0.1, -0.05) is 12.2 Å². The Balaban J connectivity index is 2.92. The summed E-state index contributed by atoms with van der Waals surface area (Å²) >= 11 is 4.73. The molecule has 0 unspecified atom stereocenters. The molecule has 0 atom stereocenters. The van der Waals surface area contributed by atoms with Gasteiger partial charge in [0.15, 0.2) is 0 Å². The minimum absolute atomic E-state index is 0.0190. The van der Waals surface area contributed by atoms with Crippen LogP contribution in [0.25, 0.3) is 0 Å². The number of aliphatic hydroxyl groups excluding tert-OH is 1. The molecule has 1 aromatic rings. The van der Waals surface area contributed by atoms with E-state index in [0.29, 0.717) is 5.69 Å². The molecule has 5 nitrogen and oxygen atoms in total. The van der Waals surface area contributed by atoms with Gasteiger partial charge in [0, 0.05) is 12.7 Å². The van der Waals surface area contributed by atoms with Gasteiger partial charge in [0.1, 0.15) is 10.7 Å². The lowest BCUT2D eigenvalue weighted by Gasteiger charge is -2.21. The van der Waals surface area contributed by atoms with E-state index in [0.717, 1.165) is 0 Å². The zero-order valence-electron chi connectivity index (χ0n) is 8.88. The molecule has 1 rings (SSSR count). The molecule has 0 bridgehead atoms. The smallest absolute Gasteiger partial charge is 0.255 e. The molecule has 0 aliphatic rings. The maximum atomic E-state index is 12.3. The number of aromatic nitrogens is 2. The summed E-state index contributed by atoms with van der Waals surface area (Å²) in [6.07, 6.45) is -1.16. The maximum Gasteiger partial charge on any atom is 0.255 e. The molecule has 0 aromatic carbocycles. The number of alkyl halides is 2. The number of hydrogen-bond acceptors (Lipinski definition) is 5. The van der Waals surface area contributed by atoms with E-state index in [-0.39, 0.29) is 24.1 Å². The average molecular weight is 262 g/mol. The second-order valence-corrected chi connectivity index (χ2v) is 3.61. The predicted molar refractivity (Wildman–Crippen MR) is 63.2 cm³/mol. The summed E-state index contributed by atoms with van der Waals surface area (Å²) in [7, 11) is 0. The zero-order chi connectivity index (χ0) is 12.8. The SMILES string of the molecule is NC(=S)c1ccnc(N(CCO)CC(F)F)n1. The van der Waals surface area contributed by atoms with E-state index in [4.69, 9.17) is 23.1 Å². The van der Waals surface area contributed by atoms with Gasteiger partial charge in [0.05, 0.1) is 13.2 Å². The third-order valence-corrected chi connectivity index (χ3v) is 2.12. The normalized spacial score (nSPS) is 10.6. The second kappa shape index (κ2) is 6.36. The monoisotopic (exact) mass is 262 g/mol. The molecule has 1 heterocycles. The van der Waals surface area contributed by atoms with Gasteiger partial charge in [-0.15, -0.1) is 0 Å². The Bertz CT molecular complexity index is 391. The van der Waals surface area contributed by atoms with Crippen LogP contribution >= 0.6 is 12.2 Å². The first kappa shape index (κ1) is 13.7. The number of aliphatic hydroxyl groups is 1. The van der Waals surface area contributed by atoms with Crippen LogP contribution in [0.15, 0.2) is 12.3 Å². The molecule has 0 aliphatic heterocycles. The number of rotatable bonds is 6. The van der Waals surface area contributed by atoms with Crippen molar-refractivity contribution in [3.63, 3.8) is 0 Å². The molecule has 17 heavy (non-hydrogen) atoms. The standard InChI is InChI=1S/C9H12F2N4OS/c10-7(11)5-15(3-4-16)9-13-2-1-6(14-9)8(12)17/h1-2,7,16H,3-5H2,(H2,12,17). The molecule has 0 radical (unpaired) electrons. The molecule has 94 valence electrons. The van der Waals surface area contributed by atoms with Crippen LogP contribution in [-0.4, -0.2) is 46.2 Å². The lowest BCUT2D eigenvalue weighted by molar-refractivity contribution is 0.152. The quantitative estimate of drug-likeness (QED) is 0.712. The van der Waals surface area contributed by atoms with Gasteiger partial charge in [0.2, 0.25) is 5.95 Å². The summed E-state index contributed by atoms with van der Waals surface area (Å²) in [4.78, 5) is 9.03. The number of nitrogens with two attached hydrogens (primary N) is 1. The summed E-state index contributed by atoms with van der Waals surface area (Å²) in [5.74, 6) is 0.0737. The summed E-state index contributed by atoms with van der Waals surface area (Å²) in [6, 6.07) is 1.49. The molecular weight excluding hydrogens is 250 g/mol. The summed E-state index contributed by atoms with van der Waals surface area (Å²) in [6.45, 7) is -0.806. The fourth-order valence-corrected chi connectivity index (χ4v) is 1.31. The van der Waals surface area contributed by atoms with Gasteiger partial charge in [-0.3, -0.25) is 0 Å². The van der Waals surface area contributed by atoms with Gasteiger partial charge >= 0.3 is 0 Å². The van der Waals surface area contributed by atoms with Crippen LogP contribution < -0.4 is 10.6 Å². The van der Waals surface area contributed by atoms with Crippen LogP contribution in [-0.2, 0) is 0 Å². The van der Waals surface area contributed by atoms with E-state index >= 15 is 0 Å². The second-order valence-electron chi connectivity index (χ2n) is 3.17. The first-order valence-corrected chi connectivity index (χ1v) is 5.22. The topological polar surface area (TPSA) is 75.3 Å². The molecule has 3 N–H and O–H groups in total. The van der Waals surface area contributed by atoms with Gasteiger partial charge in [-0.25, -0.2) is 18.7 Å². The minimum Gasteiger partial charge on any atom is -0.395 e. The summed E-state index contributed by atoms with van der Waals surface area (Å²) in [5, 5.41) is 8.80. The average Bonchev–Trinajstić information content (AvgIpc) is 2.28. The van der Waals surface area contributed by atoms with Crippen LogP contribution in [0.1, 0.15) is 5.69 Å². The van der Waals surface area contributed by atoms with E-state index in [1.807, 2.05) is 0 Å². The Hall–Kier alpha value is -1.41. The molecule has 0 spiro atoms. The van der Waals surface area contributed by atoms with E-state index < -0.39 is 13.0 Å². The Morgan fingerprint density at radius 3 is 2.82 bits per heavy atom. The predicted octanol–water partition coefficient (Wildman–Crippen LogP) is 0.175. The highest BCUT2D eigenvalue weighted by atomic mass is 32.1. The van der Waals surface area contributed by atoms with Crippen molar-refractivity contribution >= 4 is 23.2 Å². The van der Waals surface area contributed by atoms with Crippen molar-refractivity contribution in [3.05, 3.63) is 18.0 Å². The first-order chi connectivity index (χ1) is 8.04. The van der Waals surface area contributed by atoms with Gasteiger partial charge in [-0.05, 0) is 6.07 Å². The van der Waals surface area contributed by atoms with Crippen LogP contribution in [0.5, 0.6) is 0 Å². The van der Waals surface area contributed by atoms with Crippen molar-refractivity contribution in [2.75, 3.05) is 24.6 Å². The van der Waals surface area contributed by atoms with Gasteiger partial charge in [0.25, 0.3) is 6.43 Å². The highest BCUT2D eigenvalue weighted by Gasteiger charge is 2.15. The number of halogens is 2. The summed E-state index contributed by atoms with van der Waals surface area (Å²) in [5.41, 5.74) is 5.69. The van der Waals surface area contributed by atoms with Crippen molar-refractivity contribution in [1.29, 1.82) is 0 Å². The highest BCUT2D eigenvalue weighted by Crippen LogP contribution is 2.09. The Labute approximate surface area is 102 Å². The Morgan fingerprint density at radius 2 is 2.29 bits per heavy atom. The number of nitrogens with zero attached hydrogens (tertiary/aromatic N) is 3. The largest absolute Gasteiger partial charge is 0.395 e. The van der Waals surface area contributed by atoms with Gasteiger partial charge in [-0.2, -0.15) is 0 Å². The van der Waals surface area contributed by atoms with Crippen LogP contribution in [0.3, 0.4) is 0 Å². The number of thiocarbonyl (C=S) groups is 1. The third-order valence-electron chi connectivity index (χ3n) is 1.91. The third kappa shape index (κ3) is 4.16. The van der Waals surface area contributed by atoms with E-state index in [2.05, 4.69) is 9.97 Å². The van der Waals surface area contributed by atoms with Crippen molar-refractivity contribution in [2.24, 2.45) is 5.73 Å². The molecule has 0 amide bonds. The fraction of sp³-hybridized carbons (Fsp3) is 0.444. The van der Waals surface area contributed by atoms with E-state index in [1.54, 1.807) is 0 Å². The molecule has 0 saturated heterocycles.